The molecule has 1 unspecified atom stereocenters. The molecule has 1 saturated carbocycles. The predicted molar refractivity (Wildman–Crippen MR) is 77.2 cm³/mol. The van der Waals surface area contributed by atoms with Gasteiger partial charge in [-0.05, 0) is 44.2 Å². The van der Waals surface area contributed by atoms with Gasteiger partial charge in [0, 0.05) is 18.7 Å². The van der Waals surface area contributed by atoms with Gasteiger partial charge < -0.3 is 14.8 Å². The van der Waals surface area contributed by atoms with Crippen molar-refractivity contribution in [3.8, 4) is 5.75 Å². The Morgan fingerprint density at radius 3 is 2.95 bits per heavy atom. The van der Waals surface area contributed by atoms with E-state index in [-0.39, 0.29) is 5.60 Å². The minimum absolute atomic E-state index is 0.154. The van der Waals surface area contributed by atoms with Crippen LogP contribution in [0.15, 0.2) is 18.2 Å². The molecule has 0 amide bonds. The Balaban J connectivity index is 1.70. The monoisotopic (exact) mass is 281 g/mol. The molecule has 0 aromatic heterocycles. The Kier molecular flexibility index (Phi) is 3.59. The third-order valence-corrected chi connectivity index (χ3v) is 4.62. The van der Waals surface area contributed by atoms with Crippen LogP contribution >= 0.6 is 11.6 Å². The number of hydrogen-bond donors (Lipinski definition) is 1. The molecule has 1 saturated heterocycles. The highest BCUT2D eigenvalue weighted by atomic mass is 35.5. The number of anilines is 1. The average Bonchev–Trinajstić information content (AvgIpc) is 2.40. The van der Waals surface area contributed by atoms with Crippen LogP contribution in [0.3, 0.4) is 0 Å². The van der Waals surface area contributed by atoms with E-state index in [0.29, 0.717) is 6.04 Å². The topological polar surface area (TPSA) is 30.5 Å². The van der Waals surface area contributed by atoms with Gasteiger partial charge in [-0.1, -0.05) is 11.6 Å². The summed E-state index contributed by atoms with van der Waals surface area (Å²) >= 11 is 6.24. The van der Waals surface area contributed by atoms with Crippen LogP contribution in [-0.2, 0) is 4.74 Å². The van der Waals surface area contributed by atoms with E-state index in [1.54, 1.807) is 7.11 Å². The molecule has 0 radical (unpaired) electrons. The van der Waals surface area contributed by atoms with E-state index in [0.717, 1.165) is 35.9 Å². The lowest BCUT2D eigenvalue weighted by Gasteiger charge is -2.47. The molecule has 104 valence electrons. The molecule has 4 heteroatoms. The second-order valence-electron chi connectivity index (χ2n) is 5.56. The van der Waals surface area contributed by atoms with Gasteiger partial charge in [-0.3, -0.25) is 0 Å². The molecule has 1 N–H and O–H groups in total. The van der Waals surface area contributed by atoms with E-state index in [4.69, 9.17) is 21.1 Å². The number of rotatable bonds is 3. The molecule has 1 aromatic rings. The number of methoxy groups -OCH3 is 1. The first-order chi connectivity index (χ1) is 9.21. The zero-order chi connectivity index (χ0) is 13.3. The highest BCUT2D eigenvalue weighted by Gasteiger charge is 2.42. The minimum Gasteiger partial charge on any atom is -0.497 e. The van der Waals surface area contributed by atoms with Gasteiger partial charge in [0.05, 0.1) is 23.4 Å². The second-order valence-corrected chi connectivity index (χ2v) is 5.97. The first-order valence-corrected chi connectivity index (χ1v) is 7.33. The number of nitrogens with one attached hydrogen (secondary N) is 1. The van der Waals surface area contributed by atoms with E-state index >= 15 is 0 Å². The third-order valence-electron chi connectivity index (χ3n) is 4.29. The largest absolute Gasteiger partial charge is 0.497 e. The van der Waals surface area contributed by atoms with Crippen LogP contribution in [0.5, 0.6) is 5.75 Å². The normalized spacial score (nSPS) is 24.8. The van der Waals surface area contributed by atoms with E-state index in [9.17, 15) is 0 Å². The highest BCUT2D eigenvalue weighted by Crippen LogP contribution is 2.43. The van der Waals surface area contributed by atoms with E-state index in [2.05, 4.69) is 5.32 Å². The van der Waals surface area contributed by atoms with Gasteiger partial charge in [0.2, 0.25) is 0 Å². The standard InChI is InChI=1S/C15H20ClNO2/c1-18-12-3-4-13(16)14(9-12)17-11-5-8-19-15(10-11)6-2-7-15/h3-4,9,11,17H,2,5-8,10H2,1H3. The van der Waals surface area contributed by atoms with Crippen LogP contribution in [0.1, 0.15) is 32.1 Å². The Morgan fingerprint density at radius 2 is 2.26 bits per heavy atom. The fraction of sp³-hybridized carbons (Fsp3) is 0.600. The van der Waals surface area contributed by atoms with Crippen LogP contribution in [0.2, 0.25) is 5.02 Å². The zero-order valence-electron chi connectivity index (χ0n) is 11.2. The van der Waals surface area contributed by atoms with Crippen LogP contribution in [0.25, 0.3) is 0 Å². The summed E-state index contributed by atoms with van der Waals surface area (Å²) in [4.78, 5) is 0. The molecule has 1 aliphatic carbocycles. The number of ether oxygens (including phenoxy) is 2. The quantitative estimate of drug-likeness (QED) is 0.912. The lowest BCUT2D eigenvalue weighted by atomic mass is 9.74. The summed E-state index contributed by atoms with van der Waals surface area (Å²) in [5.41, 5.74) is 1.11. The van der Waals surface area contributed by atoms with Gasteiger partial charge >= 0.3 is 0 Å². The summed E-state index contributed by atoms with van der Waals surface area (Å²) in [7, 11) is 1.67. The van der Waals surface area contributed by atoms with Gasteiger partial charge in [0.1, 0.15) is 5.75 Å². The molecule has 1 spiro atoms. The van der Waals surface area contributed by atoms with Gasteiger partial charge in [0.15, 0.2) is 0 Å². The van der Waals surface area contributed by atoms with Crippen molar-refractivity contribution in [3.63, 3.8) is 0 Å². The van der Waals surface area contributed by atoms with E-state index < -0.39 is 0 Å². The molecule has 3 nitrogen and oxygen atoms in total. The van der Waals surface area contributed by atoms with Crippen molar-refractivity contribution in [2.24, 2.45) is 0 Å². The Hall–Kier alpha value is -0.930. The number of hydrogen-bond acceptors (Lipinski definition) is 3. The lowest BCUT2D eigenvalue weighted by Crippen LogP contribution is -2.49. The van der Waals surface area contributed by atoms with Crippen molar-refractivity contribution < 1.29 is 9.47 Å². The molecule has 2 aliphatic rings. The van der Waals surface area contributed by atoms with E-state index in [1.807, 2.05) is 18.2 Å². The van der Waals surface area contributed by atoms with Gasteiger partial charge in [-0.25, -0.2) is 0 Å². The summed E-state index contributed by atoms with van der Waals surface area (Å²) in [6, 6.07) is 6.16. The maximum Gasteiger partial charge on any atom is 0.121 e. The third kappa shape index (κ3) is 2.67. The number of halogens is 1. The summed E-state index contributed by atoms with van der Waals surface area (Å²) in [5.74, 6) is 0.831. The van der Waals surface area contributed by atoms with Crippen LogP contribution in [-0.4, -0.2) is 25.4 Å². The molecule has 0 bridgehead atoms. The van der Waals surface area contributed by atoms with Crippen LogP contribution in [0, 0.1) is 0 Å². The highest BCUT2D eigenvalue weighted by molar-refractivity contribution is 6.33. The smallest absolute Gasteiger partial charge is 0.121 e. The van der Waals surface area contributed by atoms with Crippen molar-refractivity contribution in [2.75, 3.05) is 19.0 Å². The first-order valence-electron chi connectivity index (χ1n) is 6.95. The van der Waals surface area contributed by atoms with Crippen LogP contribution in [0.4, 0.5) is 5.69 Å². The molecule has 1 atom stereocenters. The molecular weight excluding hydrogens is 262 g/mol. The predicted octanol–water partition coefficient (Wildman–Crippen LogP) is 3.86. The van der Waals surface area contributed by atoms with E-state index in [1.165, 1.54) is 19.3 Å². The fourth-order valence-corrected chi connectivity index (χ4v) is 3.20. The molecule has 2 fully saturated rings. The molecule has 1 aliphatic heterocycles. The van der Waals surface area contributed by atoms with Gasteiger partial charge in [-0.2, -0.15) is 0 Å². The van der Waals surface area contributed by atoms with Crippen molar-refractivity contribution in [1.82, 2.24) is 0 Å². The summed E-state index contributed by atoms with van der Waals surface area (Å²) < 4.78 is 11.2. The second kappa shape index (κ2) is 5.22. The molecular formula is C15H20ClNO2. The Bertz CT molecular complexity index is 459. The Morgan fingerprint density at radius 1 is 1.42 bits per heavy atom. The fourth-order valence-electron chi connectivity index (χ4n) is 3.03. The zero-order valence-corrected chi connectivity index (χ0v) is 12.0. The van der Waals surface area contributed by atoms with Crippen LogP contribution < -0.4 is 10.1 Å². The average molecular weight is 282 g/mol. The van der Waals surface area contributed by atoms with Crippen molar-refractivity contribution in [3.05, 3.63) is 23.2 Å². The molecule has 3 rings (SSSR count). The maximum atomic E-state index is 6.24. The first kappa shape index (κ1) is 13.1. The van der Waals surface area contributed by atoms with Crippen molar-refractivity contribution in [1.29, 1.82) is 0 Å². The molecule has 1 heterocycles. The summed E-state index contributed by atoms with van der Waals surface area (Å²) in [5, 5.41) is 4.30. The molecule has 1 aromatic carbocycles. The Labute approximate surface area is 119 Å². The summed E-state index contributed by atoms with van der Waals surface area (Å²) in [6.45, 7) is 0.846. The number of benzene rings is 1. The maximum absolute atomic E-state index is 6.24. The van der Waals surface area contributed by atoms with Gasteiger partial charge in [0.25, 0.3) is 0 Å². The van der Waals surface area contributed by atoms with Crippen molar-refractivity contribution >= 4 is 17.3 Å². The van der Waals surface area contributed by atoms with Crippen molar-refractivity contribution in [2.45, 2.75) is 43.7 Å². The minimum atomic E-state index is 0.154. The summed E-state index contributed by atoms with van der Waals surface area (Å²) in [6.07, 6.45) is 5.83. The SMILES string of the molecule is COc1ccc(Cl)c(NC2CCOC3(CCC3)C2)c1. The lowest BCUT2D eigenvalue weighted by molar-refractivity contribution is -0.130. The van der Waals surface area contributed by atoms with Gasteiger partial charge in [-0.15, -0.1) is 0 Å². The molecule has 19 heavy (non-hydrogen) atoms.